The third-order valence-electron chi connectivity index (χ3n) is 7.52. The van der Waals surface area contributed by atoms with Gasteiger partial charge in [-0.25, -0.2) is 0 Å². The first-order valence-electron chi connectivity index (χ1n) is 13.8. The maximum atomic E-state index is 10.7. The van der Waals surface area contributed by atoms with Crippen molar-refractivity contribution in [2.24, 2.45) is 10.2 Å². The number of benzene rings is 2. The van der Waals surface area contributed by atoms with Crippen molar-refractivity contribution in [2.75, 3.05) is 44.7 Å². The number of quaternary nitrogens is 1. The van der Waals surface area contributed by atoms with Crippen molar-refractivity contribution in [2.45, 2.75) is 72.1 Å². The molecule has 198 valence electrons. The number of nitrogens with zero attached hydrogens (tertiary/aromatic N) is 5. The molecule has 0 radical (unpaired) electrons. The first-order valence-corrected chi connectivity index (χ1v) is 13.8. The lowest BCUT2D eigenvalue weighted by atomic mass is 10.1. The maximum absolute atomic E-state index is 10.7. The minimum absolute atomic E-state index is 0.0496. The van der Waals surface area contributed by atoms with E-state index in [2.05, 4.69) is 55.1 Å². The molecule has 0 fully saturated rings. The second-order valence-electron chi connectivity index (χ2n) is 9.75. The molecule has 7 nitrogen and oxygen atoms in total. The van der Waals surface area contributed by atoms with Crippen LogP contribution >= 0.6 is 0 Å². The number of anilines is 1. The molecule has 2 rings (SSSR count). The average molecular weight is 497 g/mol. The van der Waals surface area contributed by atoms with Gasteiger partial charge in [0.1, 0.15) is 0 Å². The fourth-order valence-electron chi connectivity index (χ4n) is 4.66. The molecule has 0 aliphatic carbocycles. The molecule has 0 bridgehead atoms. The monoisotopic (exact) mass is 496 g/mol. The maximum Gasteiger partial charge on any atom is 0.269 e. The number of nitro groups is 1. The summed E-state index contributed by atoms with van der Waals surface area (Å²) in [7, 11) is 2.13. The van der Waals surface area contributed by atoms with Crippen LogP contribution in [0.3, 0.4) is 0 Å². The van der Waals surface area contributed by atoms with E-state index in [4.69, 9.17) is 0 Å². The molecule has 0 N–H and O–H groups in total. The van der Waals surface area contributed by atoms with Crippen LogP contribution in [0, 0.1) is 10.1 Å². The summed E-state index contributed by atoms with van der Waals surface area (Å²) in [5.41, 5.74) is 2.57. The molecule has 7 heteroatoms. The van der Waals surface area contributed by atoms with Gasteiger partial charge in [-0.15, -0.1) is 0 Å². The number of nitro benzene ring substituents is 1. The van der Waals surface area contributed by atoms with Gasteiger partial charge in [-0.05, 0) is 76.4 Å². The summed E-state index contributed by atoms with van der Waals surface area (Å²) < 4.78 is 1.28. The van der Waals surface area contributed by atoms with E-state index < -0.39 is 4.92 Å². The van der Waals surface area contributed by atoms with Gasteiger partial charge in [0.05, 0.1) is 42.5 Å². The van der Waals surface area contributed by atoms with E-state index in [-0.39, 0.29) is 5.69 Å². The fourth-order valence-corrected chi connectivity index (χ4v) is 4.66. The zero-order chi connectivity index (χ0) is 26.2. The van der Waals surface area contributed by atoms with Gasteiger partial charge in [-0.2, -0.15) is 10.2 Å². The summed E-state index contributed by atoms with van der Waals surface area (Å²) in [6.45, 7) is 13.2. The predicted molar refractivity (Wildman–Crippen MR) is 151 cm³/mol. The quantitative estimate of drug-likeness (QED) is 0.0683. The van der Waals surface area contributed by atoms with Crippen molar-refractivity contribution in [1.29, 1.82) is 0 Å². The minimum Gasteiger partial charge on any atom is -0.375 e. The van der Waals surface area contributed by atoms with E-state index >= 15 is 0 Å². The highest BCUT2D eigenvalue weighted by molar-refractivity contribution is 5.52. The molecule has 0 saturated carbocycles. The summed E-state index contributed by atoms with van der Waals surface area (Å²) in [5, 5.41) is 19.1. The molecule has 0 aliphatic rings. The van der Waals surface area contributed by atoms with Gasteiger partial charge in [0.15, 0.2) is 0 Å². The lowest BCUT2D eigenvalue weighted by molar-refractivity contribution is -0.923. The number of hydrogen-bond donors (Lipinski definition) is 0. The molecule has 0 aliphatic heterocycles. The van der Waals surface area contributed by atoms with Crippen molar-refractivity contribution in [1.82, 2.24) is 0 Å². The number of non-ortho nitro benzene ring substituents is 1. The predicted octanol–water partition coefficient (Wildman–Crippen LogP) is 8.44. The van der Waals surface area contributed by atoms with Gasteiger partial charge in [-0.1, -0.05) is 32.1 Å². The van der Waals surface area contributed by atoms with E-state index in [1.54, 1.807) is 12.1 Å². The number of hydrogen-bond acceptors (Lipinski definition) is 5. The topological polar surface area (TPSA) is 71.1 Å². The van der Waals surface area contributed by atoms with Crippen LogP contribution in [0.4, 0.5) is 22.7 Å². The Morgan fingerprint density at radius 1 is 0.722 bits per heavy atom. The van der Waals surface area contributed by atoms with Crippen molar-refractivity contribution >= 4 is 22.7 Å². The van der Waals surface area contributed by atoms with Crippen molar-refractivity contribution in [3.05, 3.63) is 58.6 Å². The Labute approximate surface area is 218 Å². The van der Waals surface area contributed by atoms with Gasteiger partial charge in [-0.3, -0.25) is 10.1 Å². The lowest BCUT2D eigenvalue weighted by Gasteiger charge is -2.35. The van der Waals surface area contributed by atoms with E-state index in [1.807, 2.05) is 12.1 Å². The summed E-state index contributed by atoms with van der Waals surface area (Å²) in [6, 6.07) is 14.1. The summed E-state index contributed by atoms with van der Waals surface area (Å²) in [4.78, 5) is 12.6. The molecule has 36 heavy (non-hydrogen) atoms. The largest absolute Gasteiger partial charge is 0.375 e. The Morgan fingerprint density at radius 3 is 1.64 bits per heavy atom. The van der Waals surface area contributed by atoms with Gasteiger partial charge in [0.25, 0.3) is 5.69 Å². The highest BCUT2D eigenvalue weighted by atomic mass is 16.6. The van der Waals surface area contributed by atoms with Crippen LogP contribution in [0.25, 0.3) is 0 Å². The summed E-state index contributed by atoms with van der Waals surface area (Å²) >= 11 is 0. The smallest absolute Gasteiger partial charge is 0.269 e. The lowest BCUT2D eigenvalue weighted by Crippen LogP contribution is -2.48. The molecule has 0 unspecified atom stereocenters. The molecule has 0 heterocycles. The average Bonchev–Trinajstić information content (AvgIpc) is 2.91. The van der Waals surface area contributed by atoms with E-state index in [0.29, 0.717) is 5.69 Å². The molecule has 0 atom stereocenters. The Bertz CT molecular complexity index is 900. The normalized spacial score (nSPS) is 11.8. The van der Waals surface area contributed by atoms with E-state index in [9.17, 15) is 10.1 Å². The minimum atomic E-state index is -0.422. The number of rotatable bonds is 18. The van der Waals surface area contributed by atoms with Crippen molar-refractivity contribution in [3.8, 4) is 0 Å². The Kier molecular flexibility index (Phi) is 13.1. The van der Waals surface area contributed by atoms with Crippen LogP contribution in [-0.2, 0) is 0 Å². The third-order valence-corrected chi connectivity index (χ3v) is 7.52. The van der Waals surface area contributed by atoms with E-state index in [0.717, 1.165) is 12.2 Å². The van der Waals surface area contributed by atoms with Crippen molar-refractivity contribution in [3.63, 3.8) is 0 Å². The molecule has 2 aromatic rings. The molecular weight excluding hydrogens is 450 g/mol. The molecule has 0 spiro atoms. The van der Waals surface area contributed by atoms with Crippen LogP contribution < -0.4 is 4.90 Å². The Balaban J connectivity index is 1.59. The molecule has 0 amide bonds. The summed E-state index contributed by atoms with van der Waals surface area (Å²) in [6.07, 6.45) is 10.7. The van der Waals surface area contributed by atoms with Crippen LogP contribution in [0.15, 0.2) is 58.8 Å². The molecule has 0 aromatic heterocycles. The first-order chi connectivity index (χ1) is 17.4. The first kappa shape index (κ1) is 29.4. The molecular formula is C29H46N5O2+. The second-order valence-corrected chi connectivity index (χ2v) is 9.75. The number of unbranched alkanes of at least 4 members (excludes halogenated alkanes) is 7. The van der Waals surface area contributed by atoms with Crippen LogP contribution in [0.2, 0.25) is 0 Å². The standard InChI is InChI=1S/C29H46N5O2/c1-5-34(6-2,7-3)25-15-13-11-9-8-10-12-14-24-32(4)28-20-16-26(17-21-28)30-31-27-18-22-29(23-19-27)33(35)36/h16-23H,5-15,24-25H2,1-4H3/q+1. The summed E-state index contributed by atoms with van der Waals surface area (Å²) in [5.74, 6) is 0. The van der Waals surface area contributed by atoms with Gasteiger partial charge in [0.2, 0.25) is 0 Å². The van der Waals surface area contributed by atoms with Gasteiger partial charge < -0.3 is 9.38 Å². The van der Waals surface area contributed by atoms with Crippen LogP contribution in [0.5, 0.6) is 0 Å². The number of azo groups is 1. The highest BCUT2D eigenvalue weighted by Crippen LogP contribution is 2.23. The Hall–Kier alpha value is -2.80. The fraction of sp³-hybridized carbons (Fsp3) is 0.586. The van der Waals surface area contributed by atoms with Crippen molar-refractivity contribution < 1.29 is 9.41 Å². The second kappa shape index (κ2) is 16.0. The third kappa shape index (κ3) is 10.1. The Morgan fingerprint density at radius 2 is 1.17 bits per heavy atom. The molecule has 2 aromatic carbocycles. The van der Waals surface area contributed by atoms with Gasteiger partial charge in [0, 0.05) is 31.4 Å². The molecule has 0 saturated heterocycles. The zero-order valence-electron chi connectivity index (χ0n) is 22.9. The van der Waals surface area contributed by atoms with Gasteiger partial charge >= 0.3 is 0 Å². The van der Waals surface area contributed by atoms with Crippen LogP contribution in [-0.4, -0.2) is 49.2 Å². The zero-order valence-corrected chi connectivity index (χ0v) is 22.9. The van der Waals surface area contributed by atoms with E-state index in [1.165, 1.54) is 99.8 Å². The van der Waals surface area contributed by atoms with Crippen LogP contribution in [0.1, 0.15) is 72.1 Å². The highest BCUT2D eigenvalue weighted by Gasteiger charge is 2.19. The SMILES string of the molecule is CC[N+](CC)(CC)CCCCCCCCCCN(C)c1ccc(N=Nc2ccc([N+](=O)[O-])cc2)cc1.